The number of anilines is 2. The quantitative estimate of drug-likeness (QED) is 0.755. The molecule has 1 heterocycles. The average Bonchev–Trinajstić information content (AvgIpc) is 2.70. The first-order chi connectivity index (χ1) is 13.8. The number of aryl methyl sites for hydroxylation is 1. The van der Waals surface area contributed by atoms with Crippen LogP contribution in [-0.2, 0) is 9.59 Å². The van der Waals surface area contributed by atoms with Crippen LogP contribution >= 0.6 is 11.8 Å². The third kappa shape index (κ3) is 4.94. The second-order valence-corrected chi connectivity index (χ2v) is 7.55. The van der Waals surface area contributed by atoms with Gasteiger partial charge in [-0.05, 0) is 43.0 Å². The fourth-order valence-corrected chi connectivity index (χ4v) is 3.22. The lowest BCUT2D eigenvalue weighted by Crippen LogP contribution is -2.54. The van der Waals surface area contributed by atoms with Gasteiger partial charge in [-0.3, -0.25) is 24.8 Å². The fourth-order valence-electron chi connectivity index (χ4n) is 2.47. The summed E-state index contributed by atoms with van der Waals surface area (Å²) in [5.74, 6) is -0.748. The molecule has 2 aromatic carbocycles. The number of para-hydroxylation sites is 1. The minimum Gasteiger partial charge on any atom is -0.339 e. The highest BCUT2D eigenvalue weighted by molar-refractivity contribution is 8.13. The van der Waals surface area contributed by atoms with E-state index in [-0.39, 0.29) is 23.5 Å². The Morgan fingerprint density at radius 1 is 1.14 bits per heavy atom. The van der Waals surface area contributed by atoms with E-state index < -0.39 is 5.91 Å². The van der Waals surface area contributed by atoms with Crippen molar-refractivity contribution >= 4 is 46.0 Å². The Morgan fingerprint density at radius 3 is 2.52 bits per heavy atom. The molecule has 9 heteroatoms. The molecule has 0 unspecified atom stereocenters. The lowest BCUT2D eigenvalue weighted by Gasteiger charge is -2.27. The number of amidine groups is 1. The van der Waals surface area contributed by atoms with Crippen molar-refractivity contribution in [3.05, 3.63) is 54.1 Å². The number of carbonyl (C=O) groups is 3. The van der Waals surface area contributed by atoms with Crippen molar-refractivity contribution in [1.29, 1.82) is 0 Å². The molecular weight excluding hydrogens is 390 g/mol. The summed E-state index contributed by atoms with van der Waals surface area (Å²) in [6.45, 7) is 1.81. The van der Waals surface area contributed by atoms with Crippen molar-refractivity contribution in [3.63, 3.8) is 0 Å². The average molecular weight is 411 g/mol. The van der Waals surface area contributed by atoms with Gasteiger partial charge >= 0.3 is 0 Å². The number of benzene rings is 2. The Kier molecular flexibility index (Phi) is 6.18. The number of carbonyl (C=O) groups excluding carboxylic acids is 3. The third-order valence-corrected chi connectivity index (χ3v) is 5.16. The van der Waals surface area contributed by atoms with Gasteiger partial charge in [0.25, 0.3) is 17.1 Å². The van der Waals surface area contributed by atoms with Gasteiger partial charge in [-0.25, -0.2) is 5.01 Å². The van der Waals surface area contributed by atoms with Crippen molar-refractivity contribution in [2.45, 2.75) is 11.8 Å². The van der Waals surface area contributed by atoms with Crippen LogP contribution in [0.4, 0.5) is 16.2 Å². The molecule has 0 atom stereocenters. The van der Waals surface area contributed by atoms with Crippen LogP contribution in [0.3, 0.4) is 0 Å². The van der Waals surface area contributed by atoms with Crippen LogP contribution in [0.5, 0.6) is 0 Å². The Bertz CT molecular complexity index is 972. The fraction of sp³-hybridized carbons (Fsp3) is 0.200. The van der Waals surface area contributed by atoms with Gasteiger partial charge in [0.15, 0.2) is 0 Å². The summed E-state index contributed by atoms with van der Waals surface area (Å²) >= 11 is 1.01. The summed E-state index contributed by atoms with van der Waals surface area (Å²) in [6.07, 6.45) is 0. The Morgan fingerprint density at radius 2 is 1.83 bits per heavy atom. The Labute approximate surface area is 172 Å². The van der Waals surface area contributed by atoms with Crippen LogP contribution in [0.25, 0.3) is 0 Å². The predicted octanol–water partition coefficient (Wildman–Crippen LogP) is 2.66. The van der Waals surface area contributed by atoms with E-state index in [4.69, 9.17) is 0 Å². The van der Waals surface area contributed by atoms with Gasteiger partial charge in [-0.2, -0.15) is 0 Å². The third-order valence-electron chi connectivity index (χ3n) is 4.04. The SMILES string of the molecule is Cc1ccc(N2NC(C(=O)Nc3ccccc3SC(=O)N(C)C)=NCC2=O)cc1. The molecular formula is C20H21N5O3S. The first-order valence-electron chi connectivity index (χ1n) is 8.85. The summed E-state index contributed by atoms with van der Waals surface area (Å²) in [7, 11) is 3.32. The topological polar surface area (TPSA) is 94.1 Å². The van der Waals surface area contributed by atoms with Gasteiger partial charge in [0.05, 0.1) is 11.4 Å². The number of nitrogens with zero attached hydrogens (tertiary/aromatic N) is 3. The number of nitrogens with one attached hydrogen (secondary N) is 2. The minimum atomic E-state index is -0.500. The number of amides is 3. The second-order valence-electron chi connectivity index (χ2n) is 6.55. The summed E-state index contributed by atoms with van der Waals surface area (Å²) in [6, 6.07) is 14.3. The molecule has 8 nitrogen and oxygen atoms in total. The molecule has 1 aliphatic rings. The molecule has 0 radical (unpaired) electrons. The Balaban J connectivity index is 1.75. The molecule has 0 aromatic heterocycles. The summed E-state index contributed by atoms with van der Waals surface area (Å²) < 4.78 is 0. The Hall–Kier alpha value is -3.33. The van der Waals surface area contributed by atoms with Crippen LogP contribution in [0.15, 0.2) is 58.4 Å². The van der Waals surface area contributed by atoms with Gasteiger partial charge in [0.2, 0.25) is 5.84 Å². The van der Waals surface area contributed by atoms with E-state index in [0.29, 0.717) is 16.3 Å². The molecule has 0 bridgehead atoms. The van der Waals surface area contributed by atoms with E-state index in [2.05, 4.69) is 15.7 Å². The van der Waals surface area contributed by atoms with Crippen molar-refractivity contribution in [1.82, 2.24) is 10.3 Å². The smallest absolute Gasteiger partial charge is 0.292 e. The number of hydrogen-bond acceptors (Lipinski definition) is 6. The zero-order valence-corrected chi connectivity index (χ0v) is 17.1. The first-order valence-corrected chi connectivity index (χ1v) is 9.67. The number of rotatable bonds is 4. The van der Waals surface area contributed by atoms with Crippen LogP contribution < -0.4 is 15.8 Å². The molecule has 2 aromatic rings. The van der Waals surface area contributed by atoms with E-state index >= 15 is 0 Å². The van der Waals surface area contributed by atoms with Crippen LogP contribution in [0.2, 0.25) is 0 Å². The highest BCUT2D eigenvalue weighted by Gasteiger charge is 2.26. The zero-order chi connectivity index (χ0) is 21.0. The van der Waals surface area contributed by atoms with Crippen LogP contribution in [0, 0.1) is 6.92 Å². The lowest BCUT2D eigenvalue weighted by molar-refractivity contribution is -0.118. The summed E-state index contributed by atoms with van der Waals surface area (Å²) in [5, 5.41) is 3.91. The molecule has 0 aliphatic carbocycles. The van der Waals surface area contributed by atoms with Crippen LogP contribution in [0.1, 0.15) is 5.56 Å². The number of hydrogen-bond donors (Lipinski definition) is 2. The number of thioether (sulfide) groups is 1. The molecule has 150 valence electrons. The van der Waals surface area contributed by atoms with Crippen LogP contribution in [-0.4, -0.2) is 48.4 Å². The minimum absolute atomic E-state index is 0.0175. The van der Waals surface area contributed by atoms with E-state index in [1.807, 2.05) is 19.1 Å². The zero-order valence-electron chi connectivity index (χ0n) is 16.3. The van der Waals surface area contributed by atoms with Gasteiger partial charge in [0, 0.05) is 19.0 Å². The van der Waals surface area contributed by atoms with Crippen molar-refractivity contribution in [2.24, 2.45) is 4.99 Å². The lowest BCUT2D eigenvalue weighted by atomic mass is 10.2. The van der Waals surface area contributed by atoms with E-state index in [1.165, 1.54) is 9.91 Å². The summed E-state index contributed by atoms with van der Waals surface area (Å²) in [5.41, 5.74) is 4.94. The molecule has 3 rings (SSSR count). The molecule has 0 spiro atoms. The highest BCUT2D eigenvalue weighted by Crippen LogP contribution is 2.28. The second kappa shape index (κ2) is 8.78. The predicted molar refractivity (Wildman–Crippen MR) is 114 cm³/mol. The molecule has 0 saturated heterocycles. The highest BCUT2D eigenvalue weighted by atomic mass is 32.2. The van der Waals surface area contributed by atoms with Crippen molar-refractivity contribution in [3.8, 4) is 0 Å². The van der Waals surface area contributed by atoms with Gasteiger partial charge < -0.3 is 10.2 Å². The largest absolute Gasteiger partial charge is 0.339 e. The first kappa shape index (κ1) is 20.4. The molecule has 1 aliphatic heterocycles. The van der Waals surface area contributed by atoms with E-state index in [9.17, 15) is 14.4 Å². The standard InChI is InChI=1S/C20H21N5O3S/c1-13-8-10-14(11-9-13)25-17(26)12-21-18(23-25)19(27)22-15-6-4-5-7-16(15)29-20(28)24(2)3/h4-11H,12H2,1-3H3,(H,21,23)(H,22,27). The van der Waals surface area contributed by atoms with Crippen molar-refractivity contribution < 1.29 is 14.4 Å². The van der Waals surface area contributed by atoms with E-state index in [0.717, 1.165) is 17.3 Å². The van der Waals surface area contributed by atoms with Gasteiger partial charge in [-0.15, -0.1) is 0 Å². The maximum Gasteiger partial charge on any atom is 0.292 e. The molecule has 29 heavy (non-hydrogen) atoms. The number of aliphatic imine (C=N–C) groups is 1. The van der Waals surface area contributed by atoms with Gasteiger partial charge in [0.1, 0.15) is 6.54 Å². The maximum absolute atomic E-state index is 12.7. The normalized spacial score (nSPS) is 13.4. The van der Waals surface area contributed by atoms with E-state index in [1.54, 1.807) is 50.5 Å². The molecule has 0 saturated carbocycles. The molecule has 3 amide bonds. The molecule has 2 N–H and O–H groups in total. The monoisotopic (exact) mass is 411 g/mol. The van der Waals surface area contributed by atoms with Gasteiger partial charge in [-0.1, -0.05) is 29.8 Å². The molecule has 0 fully saturated rings. The number of hydrazine groups is 1. The maximum atomic E-state index is 12.7. The van der Waals surface area contributed by atoms with Crippen molar-refractivity contribution in [2.75, 3.05) is 31.0 Å². The summed E-state index contributed by atoms with van der Waals surface area (Å²) in [4.78, 5) is 43.1.